The molecular weight excluding hydrogens is 527 g/mol. The number of hydrogen-bond acceptors (Lipinski definition) is 4. The van der Waals surface area contributed by atoms with Gasteiger partial charge in [-0.2, -0.15) is 0 Å². The summed E-state index contributed by atoms with van der Waals surface area (Å²) in [5.41, 5.74) is 5.47. The lowest BCUT2D eigenvalue weighted by molar-refractivity contribution is 0.0536. The number of likely N-dealkylation sites (tertiary alicyclic amines) is 1. The number of anilines is 1. The van der Waals surface area contributed by atoms with Crippen LogP contribution in [0.15, 0.2) is 53.5 Å². The molecule has 1 fully saturated rings. The molecule has 0 radical (unpaired) electrons. The lowest BCUT2D eigenvalue weighted by atomic mass is 10.1. The molecule has 7 heteroatoms. The number of fused-ring (bicyclic) bond motifs is 1. The van der Waals surface area contributed by atoms with E-state index in [2.05, 4.69) is 68.6 Å². The summed E-state index contributed by atoms with van der Waals surface area (Å²) in [6.07, 6.45) is 2.29. The minimum Gasteiger partial charge on any atom is -0.382 e. The van der Waals surface area contributed by atoms with Crippen molar-refractivity contribution in [2.24, 2.45) is 10.9 Å². The van der Waals surface area contributed by atoms with E-state index < -0.39 is 0 Å². The molecule has 180 valence electrons. The molecule has 0 saturated carbocycles. The minimum absolute atomic E-state index is 0. The van der Waals surface area contributed by atoms with Crippen LogP contribution in [0.25, 0.3) is 0 Å². The van der Waals surface area contributed by atoms with Crippen LogP contribution in [0.2, 0.25) is 0 Å². The first kappa shape index (κ1) is 25.8. The van der Waals surface area contributed by atoms with Gasteiger partial charge in [0.2, 0.25) is 0 Å². The van der Waals surface area contributed by atoms with Gasteiger partial charge in [0.25, 0.3) is 0 Å². The van der Waals surface area contributed by atoms with Gasteiger partial charge in [-0.1, -0.05) is 42.5 Å². The van der Waals surface area contributed by atoms with E-state index in [9.17, 15) is 0 Å². The third-order valence-corrected chi connectivity index (χ3v) is 6.41. The highest BCUT2D eigenvalue weighted by molar-refractivity contribution is 14.0. The molecule has 0 amide bonds. The van der Waals surface area contributed by atoms with Gasteiger partial charge < -0.3 is 24.6 Å². The number of nitrogens with zero attached hydrogens (tertiary/aromatic N) is 3. The van der Waals surface area contributed by atoms with E-state index in [1.807, 2.05) is 7.05 Å². The molecule has 0 spiro atoms. The molecular formula is C26H37IN4O2. The molecule has 2 aromatic carbocycles. The van der Waals surface area contributed by atoms with Crippen LogP contribution in [-0.2, 0) is 29.0 Å². The Morgan fingerprint density at radius 3 is 2.64 bits per heavy atom. The Morgan fingerprint density at radius 2 is 1.85 bits per heavy atom. The van der Waals surface area contributed by atoms with Crippen molar-refractivity contribution in [2.45, 2.75) is 25.9 Å². The lowest BCUT2D eigenvalue weighted by Crippen LogP contribution is -2.39. The Labute approximate surface area is 215 Å². The number of nitrogens with one attached hydrogen (secondary N) is 1. The van der Waals surface area contributed by atoms with Crippen LogP contribution >= 0.6 is 24.0 Å². The van der Waals surface area contributed by atoms with Crippen molar-refractivity contribution < 1.29 is 9.47 Å². The number of hydrogen-bond donors (Lipinski definition) is 1. The Kier molecular flexibility index (Phi) is 10.3. The maximum Gasteiger partial charge on any atom is 0.193 e. The zero-order chi connectivity index (χ0) is 22.2. The summed E-state index contributed by atoms with van der Waals surface area (Å²) in [4.78, 5) is 9.32. The first-order valence-corrected chi connectivity index (χ1v) is 11.7. The van der Waals surface area contributed by atoms with Gasteiger partial charge in [-0.25, -0.2) is 0 Å². The average molecular weight is 565 g/mol. The maximum atomic E-state index is 5.71. The number of rotatable bonds is 9. The van der Waals surface area contributed by atoms with E-state index in [4.69, 9.17) is 9.47 Å². The maximum absolute atomic E-state index is 5.71. The highest BCUT2D eigenvalue weighted by atomic mass is 127. The number of halogens is 1. The van der Waals surface area contributed by atoms with Crippen LogP contribution < -0.4 is 10.2 Å². The van der Waals surface area contributed by atoms with Crippen LogP contribution in [0.3, 0.4) is 0 Å². The quantitative estimate of drug-likeness (QED) is 0.217. The van der Waals surface area contributed by atoms with Gasteiger partial charge in [-0.15, -0.1) is 24.0 Å². The summed E-state index contributed by atoms with van der Waals surface area (Å²) in [6.45, 7) is 6.98. The Bertz CT molecular complexity index is 890. The van der Waals surface area contributed by atoms with Crippen molar-refractivity contribution in [3.05, 3.63) is 65.2 Å². The van der Waals surface area contributed by atoms with Crippen molar-refractivity contribution in [3.8, 4) is 0 Å². The molecule has 6 nitrogen and oxygen atoms in total. The molecule has 0 aromatic heterocycles. The van der Waals surface area contributed by atoms with Gasteiger partial charge >= 0.3 is 0 Å². The van der Waals surface area contributed by atoms with E-state index in [-0.39, 0.29) is 24.0 Å². The summed E-state index contributed by atoms with van der Waals surface area (Å²) >= 11 is 0. The highest BCUT2D eigenvalue weighted by Crippen LogP contribution is 2.28. The largest absolute Gasteiger partial charge is 0.382 e. The highest BCUT2D eigenvalue weighted by Gasteiger charge is 2.25. The fraction of sp³-hybridized carbons (Fsp3) is 0.500. The Morgan fingerprint density at radius 1 is 1.06 bits per heavy atom. The third kappa shape index (κ3) is 7.07. The van der Waals surface area contributed by atoms with Crippen LogP contribution in [0, 0.1) is 5.92 Å². The van der Waals surface area contributed by atoms with Crippen molar-refractivity contribution in [3.63, 3.8) is 0 Å². The van der Waals surface area contributed by atoms with E-state index in [0.717, 1.165) is 58.1 Å². The molecule has 4 rings (SSSR count). The molecule has 0 aliphatic carbocycles. The fourth-order valence-electron chi connectivity index (χ4n) is 4.62. The van der Waals surface area contributed by atoms with Gasteiger partial charge in [-0.3, -0.25) is 4.99 Å². The number of aliphatic imine (C=N–C) groups is 1. The Balaban J connectivity index is 0.00000306. The average Bonchev–Trinajstić information content (AvgIpc) is 3.46. The fourth-order valence-corrected chi connectivity index (χ4v) is 4.62. The molecule has 2 aromatic rings. The minimum atomic E-state index is 0. The normalized spacial score (nSPS) is 17.8. The van der Waals surface area contributed by atoms with Gasteiger partial charge in [0.05, 0.1) is 19.8 Å². The molecule has 1 unspecified atom stereocenters. The number of ether oxygens (including phenoxy) is 2. The number of para-hydroxylation sites is 1. The van der Waals surface area contributed by atoms with Gasteiger partial charge in [0, 0.05) is 58.5 Å². The smallest absolute Gasteiger partial charge is 0.193 e. The summed E-state index contributed by atoms with van der Waals surface area (Å²) in [7, 11) is 3.57. The molecule has 0 bridgehead atoms. The van der Waals surface area contributed by atoms with Crippen molar-refractivity contribution in [1.29, 1.82) is 0 Å². The van der Waals surface area contributed by atoms with Crippen molar-refractivity contribution in [2.75, 3.05) is 58.5 Å². The van der Waals surface area contributed by atoms with E-state index in [0.29, 0.717) is 19.1 Å². The monoisotopic (exact) mass is 564 g/mol. The SMILES string of the molecule is CN=C(NCc1ccc(CN2CCc3ccccc32)cc1)N1CCC(COCCOC)C1.I. The van der Waals surface area contributed by atoms with E-state index >= 15 is 0 Å². The van der Waals surface area contributed by atoms with Crippen LogP contribution in [0.4, 0.5) is 5.69 Å². The van der Waals surface area contributed by atoms with Crippen LogP contribution in [-0.4, -0.2) is 64.5 Å². The zero-order valence-corrected chi connectivity index (χ0v) is 22.2. The summed E-state index contributed by atoms with van der Waals surface area (Å²) in [6, 6.07) is 17.7. The molecule has 2 aliphatic rings. The molecule has 33 heavy (non-hydrogen) atoms. The molecule has 1 saturated heterocycles. The summed E-state index contributed by atoms with van der Waals surface area (Å²) in [5, 5.41) is 3.53. The van der Waals surface area contributed by atoms with Crippen molar-refractivity contribution >= 4 is 35.6 Å². The number of benzene rings is 2. The zero-order valence-electron chi connectivity index (χ0n) is 19.8. The summed E-state index contributed by atoms with van der Waals surface area (Å²) < 4.78 is 10.8. The first-order chi connectivity index (χ1) is 15.8. The molecule has 2 aliphatic heterocycles. The predicted octanol–water partition coefficient (Wildman–Crippen LogP) is 3.93. The second kappa shape index (κ2) is 13.2. The van der Waals surface area contributed by atoms with Gasteiger partial charge in [0.1, 0.15) is 0 Å². The lowest BCUT2D eigenvalue weighted by Gasteiger charge is -2.22. The third-order valence-electron chi connectivity index (χ3n) is 6.41. The van der Waals surface area contributed by atoms with Gasteiger partial charge in [-0.05, 0) is 35.6 Å². The first-order valence-electron chi connectivity index (χ1n) is 11.7. The predicted molar refractivity (Wildman–Crippen MR) is 146 cm³/mol. The molecule has 1 atom stereocenters. The second-order valence-electron chi connectivity index (χ2n) is 8.69. The topological polar surface area (TPSA) is 49.3 Å². The molecule has 2 heterocycles. The van der Waals surface area contributed by atoms with Crippen LogP contribution in [0.5, 0.6) is 0 Å². The molecule has 1 N–H and O–H groups in total. The Hall–Kier alpha value is -1.84. The summed E-state index contributed by atoms with van der Waals surface area (Å²) in [5.74, 6) is 1.53. The standard InChI is InChI=1S/C26H36N4O2.HI/c1-27-26(30-13-11-23(19-30)20-32-16-15-31-2)28-17-21-7-9-22(10-8-21)18-29-14-12-24-5-3-4-6-25(24)29;/h3-10,23H,11-20H2,1-2H3,(H,27,28);1H. The van der Waals surface area contributed by atoms with E-state index in [1.165, 1.54) is 22.4 Å². The van der Waals surface area contributed by atoms with Gasteiger partial charge in [0.15, 0.2) is 5.96 Å². The number of methoxy groups -OCH3 is 1. The van der Waals surface area contributed by atoms with Crippen LogP contribution in [0.1, 0.15) is 23.1 Å². The number of guanidine groups is 1. The second-order valence-corrected chi connectivity index (χ2v) is 8.69. The van der Waals surface area contributed by atoms with Crippen molar-refractivity contribution in [1.82, 2.24) is 10.2 Å². The van der Waals surface area contributed by atoms with E-state index in [1.54, 1.807) is 7.11 Å².